The Labute approximate surface area is 195 Å². The van der Waals surface area contributed by atoms with Crippen molar-refractivity contribution in [2.75, 3.05) is 0 Å². The molecule has 0 aromatic heterocycles. The van der Waals surface area contributed by atoms with Crippen LogP contribution in [0.3, 0.4) is 0 Å². The Bertz CT molecular complexity index is 797. The van der Waals surface area contributed by atoms with E-state index >= 15 is 0 Å². The summed E-state index contributed by atoms with van der Waals surface area (Å²) in [6.07, 6.45) is 16.2. The van der Waals surface area contributed by atoms with E-state index in [1.807, 2.05) is 6.08 Å². The van der Waals surface area contributed by atoms with Crippen LogP contribution >= 0.6 is 0 Å². The van der Waals surface area contributed by atoms with Gasteiger partial charge in [-0.2, -0.15) is 4.91 Å². The normalized spacial score (nSPS) is 43.4. The van der Waals surface area contributed by atoms with Crippen molar-refractivity contribution in [2.24, 2.45) is 57.4 Å². The van der Waals surface area contributed by atoms with Crippen molar-refractivity contribution in [3.05, 3.63) is 28.7 Å². The van der Waals surface area contributed by atoms with Gasteiger partial charge in [-0.15, -0.1) is 0 Å². The highest BCUT2D eigenvalue weighted by atomic mass is 16.3. The van der Waals surface area contributed by atoms with Gasteiger partial charge in [-0.25, -0.2) is 0 Å². The molecule has 4 aliphatic carbocycles. The second-order valence-electron chi connectivity index (χ2n) is 12.5. The maximum Gasteiger partial charge on any atom is 0.183 e. The van der Waals surface area contributed by atoms with E-state index in [1.165, 1.54) is 44.1 Å². The Morgan fingerprint density at radius 1 is 1.09 bits per heavy atom. The number of allylic oxidation sites excluding steroid dienone is 3. The summed E-state index contributed by atoms with van der Waals surface area (Å²) in [5.74, 6) is 4.88. The molecule has 4 rings (SSSR count). The second kappa shape index (κ2) is 8.84. The van der Waals surface area contributed by atoms with E-state index < -0.39 is 6.04 Å². The number of hydrogen-bond acceptors (Lipinski definition) is 3. The molecule has 3 nitrogen and oxygen atoms in total. The van der Waals surface area contributed by atoms with Crippen molar-refractivity contribution in [3.8, 4) is 0 Å². The fourth-order valence-corrected chi connectivity index (χ4v) is 8.89. The van der Waals surface area contributed by atoms with Crippen LogP contribution in [0.2, 0.25) is 0 Å². The van der Waals surface area contributed by atoms with Crippen molar-refractivity contribution in [1.82, 2.24) is 0 Å². The summed E-state index contributed by atoms with van der Waals surface area (Å²) in [6, 6.07) is -0.662. The van der Waals surface area contributed by atoms with Gasteiger partial charge in [0, 0.05) is 0 Å². The quantitative estimate of drug-likeness (QED) is 0.314. The molecule has 3 saturated carbocycles. The minimum absolute atomic E-state index is 0.00799. The monoisotopic (exact) mass is 439 g/mol. The number of carbonyl (C=O) groups excluding carboxylic acids is 1. The first-order chi connectivity index (χ1) is 15.2. The van der Waals surface area contributed by atoms with E-state index in [4.69, 9.17) is 0 Å². The molecule has 3 fully saturated rings. The van der Waals surface area contributed by atoms with Gasteiger partial charge in [-0.05, 0) is 110 Å². The summed E-state index contributed by atoms with van der Waals surface area (Å²) in [5.41, 5.74) is 1.73. The van der Waals surface area contributed by atoms with Crippen molar-refractivity contribution in [3.63, 3.8) is 0 Å². The summed E-state index contributed by atoms with van der Waals surface area (Å²) >= 11 is 0. The zero-order valence-electron chi connectivity index (χ0n) is 21.3. The molecule has 9 atom stereocenters. The van der Waals surface area contributed by atoms with Gasteiger partial charge in [-0.3, -0.25) is 4.79 Å². The molecule has 178 valence electrons. The number of hydrogen-bond donors (Lipinski definition) is 0. The smallest absolute Gasteiger partial charge is 0.183 e. The van der Waals surface area contributed by atoms with E-state index in [9.17, 15) is 9.70 Å². The molecule has 0 radical (unpaired) electrons. The van der Waals surface area contributed by atoms with Gasteiger partial charge in [0.1, 0.15) is 0 Å². The molecule has 0 heterocycles. The zero-order chi connectivity index (χ0) is 23.3. The predicted molar refractivity (Wildman–Crippen MR) is 132 cm³/mol. The lowest BCUT2D eigenvalue weighted by molar-refractivity contribution is -0.119. The van der Waals surface area contributed by atoms with E-state index in [-0.39, 0.29) is 11.2 Å². The molecular weight excluding hydrogens is 394 g/mol. The van der Waals surface area contributed by atoms with Gasteiger partial charge in [0.2, 0.25) is 0 Å². The average molecular weight is 440 g/mol. The number of nitroso groups, excluding NO2 is 1. The number of nitrogens with zero attached hydrogens (tertiary/aromatic N) is 1. The SMILES string of the molecule is CCC(C=C[C@@H](C)[C@H]1CC[C@H]2[C@@H]3CCC4=CC(=O)C(N=O)C[C@]4(C)[C@H]3CC[C@]12C)C(C)C. The van der Waals surface area contributed by atoms with Crippen LogP contribution in [0.1, 0.15) is 92.9 Å². The van der Waals surface area contributed by atoms with Crippen LogP contribution in [-0.4, -0.2) is 11.8 Å². The first kappa shape index (κ1) is 23.9. The van der Waals surface area contributed by atoms with Crippen LogP contribution in [0, 0.1) is 57.2 Å². The van der Waals surface area contributed by atoms with Gasteiger partial charge >= 0.3 is 0 Å². The number of ketones is 1. The van der Waals surface area contributed by atoms with Crippen LogP contribution in [0.15, 0.2) is 29.0 Å². The molecule has 0 aliphatic heterocycles. The molecule has 0 spiro atoms. The van der Waals surface area contributed by atoms with Crippen molar-refractivity contribution < 1.29 is 4.79 Å². The lowest BCUT2D eigenvalue weighted by Gasteiger charge is -2.58. The van der Waals surface area contributed by atoms with E-state index in [1.54, 1.807) is 0 Å². The molecular formula is C29H45NO2. The maximum atomic E-state index is 12.3. The highest BCUT2D eigenvalue weighted by molar-refractivity contribution is 5.96. The largest absolute Gasteiger partial charge is 0.292 e. The Kier molecular flexibility index (Phi) is 6.60. The van der Waals surface area contributed by atoms with Crippen molar-refractivity contribution in [1.29, 1.82) is 0 Å². The minimum Gasteiger partial charge on any atom is -0.292 e. The highest BCUT2D eigenvalue weighted by Crippen LogP contribution is 2.67. The summed E-state index contributed by atoms with van der Waals surface area (Å²) in [5, 5.41) is 3.22. The fourth-order valence-electron chi connectivity index (χ4n) is 8.89. The first-order valence-electron chi connectivity index (χ1n) is 13.4. The molecule has 0 bridgehead atoms. The summed E-state index contributed by atoms with van der Waals surface area (Å²) in [6.45, 7) is 14.4. The molecule has 4 aliphatic rings. The Morgan fingerprint density at radius 3 is 2.50 bits per heavy atom. The van der Waals surface area contributed by atoms with E-state index in [2.05, 4.69) is 58.9 Å². The Balaban J connectivity index is 1.54. The minimum atomic E-state index is -0.662. The van der Waals surface area contributed by atoms with Gasteiger partial charge in [-0.1, -0.05) is 64.4 Å². The lowest BCUT2D eigenvalue weighted by atomic mass is 9.46. The summed E-state index contributed by atoms with van der Waals surface area (Å²) < 4.78 is 0. The molecule has 0 aromatic carbocycles. The lowest BCUT2D eigenvalue weighted by Crippen LogP contribution is -2.52. The molecule has 2 unspecified atom stereocenters. The Morgan fingerprint density at radius 2 is 1.84 bits per heavy atom. The number of fused-ring (bicyclic) bond motifs is 5. The van der Waals surface area contributed by atoms with Gasteiger partial charge in [0.05, 0.1) is 0 Å². The van der Waals surface area contributed by atoms with Crippen LogP contribution in [0.4, 0.5) is 0 Å². The third-order valence-corrected chi connectivity index (χ3v) is 10.8. The predicted octanol–water partition coefficient (Wildman–Crippen LogP) is 7.75. The van der Waals surface area contributed by atoms with E-state index in [0.29, 0.717) is 35.5 Å². The van der Waals surface area contributed by atoms with Crippen LogP contribution in [0.25, 0.3) is 0 Å². The fraction of sp³-hybridized carbons (Fsp3) is 0.828. The number of rotatable bonds is 6. The summed E-state index contributed by atoms with van der Waals surface area (Å²) in [7, 11) is 0. The first-order valence-corrected chi connectivity index (χ1v) is 13.4. The van der Waals surface area contributed by atoms with E-state index in [0.717, 1.165) is 24.2 Å². The topological polar surface area (TPSA) is 46.5 Å². The van der Waals surface area contributed by atoms with Gasteiger partial charge in [0.15, 0.2) is 11.8 Å². The molecule has 0 saturated heterocycles. The van der Waals surface area contributed by atoms with Gasteiger partial charge in [0.25, 0.3) is 0 Å². The summed E-state index contributed by atoms with van der Waals surface area (Å²) in [4.78, 5) is 23.7. The maximum absolute atomic E-state index is 12.3. The third-order valence-electron chi connectivity index (χ3n) is 10.8. The molecule has 32 heavy (non-hydrogen) atoms. The third kappa shape index (κ3) is 3.76. The zero-order valence-corrected chi connectivity index (χ0v) is 21.3. The number of carbonyl (C=O) groups is 1. The molecule has 3 heteroatoms. The average Bonchev–Trinajstić information content (AvgIpc) is 3.11. The standard InChI is InChI=1S/C29H45NO2/c1-7-20(18(2)3)9-8-19(4)23-12-13-24-22-11-10-21-16-27(31)26(30-32)17-29(21,6)25(22)14-15-28(23,24)5/h8-9,16,18-20,22-26H,7,10-15,17H2,1-6H3/t19-,20?,22+,23-,24+,25+,26?,28-,29+/m1/s1. The van der Waals surface area contributed by atoms with Crippen LogP contribution in [-0.2, 0) is 4.79 Å². The molecule has 0 amide bonds. The molecule has 0 N–H and O–H groups in total. The van der Waals surface area contributed by atoms with Crippen LogP contribution < -0.4 is 0 Å². The Hall–Kier alpha value is -1.25. The van der Waals surface area contributed by atoms with Crippen molar-refractivity contribution in [2.45, 2.75) is 99.0 Å². The second-order valence-corrected chi connectivity index (χ2v) is 12.5. The van der Waals surface area contributed by atoms with Crippen LogP contribution in [0.5, 0.6) is 0 Å². The van der Waals surface area contributed by atoms with Crippen molar-refractivity contribution >= 4 is 5.78 Å². The van der Waals surface area contributed by atoms with Gasteiger partial charge < -0.3 is 0 Å². The molecule has 0 aromatic rings. The highest BCUT2D eigenvalue weighted by Gasteiger charge is 2.60.